The van der Waals surface area contributed by atoms with E-state index in [2.05, 4.69) is 9.62 Å². The van der Waals surface area contributed by atoms with Crippen LogP contribution in [0.15, 0.2) is 0 Å². The van der Waals surface area contributed by atoms with Crippen LogP contribution < -0.4 is 4.72 Å². The van der Waals surface area contributed by atoms with E-state index < -0.39 is 15.3 Å². The average Bonchev–Trinajstić information content (AvgIpc) is 2.69. The maximum Gasteiger partial charge on any atom is 0.216 e. The van der Waals surface area contributed by atoms with E-state index in [0.29, 0.717) is 6.54 Å². The van der Waals surface area contributed by atoms with E-state index in [0.717, 1.165) is 19.6 Å². The molecule has 0 aliphatic carbocycles. The Morgan fingerprint density at radius 1 is 1.40 bits per heavy atom. The van der Waals surface area contributed by atoms with Crippen LogP contribution in [0.3, 0.4) is 0 Å². The minimum Gasteiger partial charge on any atom is -0.395 e. The maximum absolute atomic E-state index is 11.4. The number of hydrogen-bond acceptors (Lipinski definition) is 4. The number of aliphatic hydroxyl groups excluding tert-OH is 1. The van der Waals surface area contributed by atoms with Gasteiger partial charge in [0.15, 0.2) is 0 Å². The van der Waals surface area contributed by atoms with E-state index in [9.17, 15) is 8.42 Å². The Morgan fingerprint density at radius 3 is 2.53 bits per heavy atom. The fourth-order valence-corrected chi connectivity index (χ4v) is 2.45. The van der Waals surface area contributed by atoms with Crippen LogP contribution in [0.1, 0.15) is 19.8 Å². The Morgan fingerprint density at radius 2 is 2.00 bits per heavy atom. The summed E-state index contributed by atoms with van der Waals surface area (Å²) >= 11 is 0. The molecule has 1 atom stereocenters. The Balaban J connectivity index is 2.23. The van der Waals surface area contributed by atoms with Crippen LogP contribution >= 0.6 is 0 Å². The number of rotatable bonds is 6. The number of nitrogens with one attached hydrogen (secondary N) is 1. The molecule has 0 aromatic rings. The van der Waals surface area contributed by atoms with Crippen LogP contribution in [0.5, 0.6) is 0 Å². The number of nitrogens with zero attached hydrogens (tertiary/aromatic N) is 1. The molecular formula is C9H20N2O3S. The maximum atomic E-state index is 11.4. The molecule has 0 saturated carbocycles. The summed E-state index contributed by atoms with van der Waals surface area (Å²) in [5.74, 6) is 0. The van der Waals surface area contributed by atoms with Gasteiger partial charge in [-0.05, 0) is 32.9 Å². The molecule has 0 radical (unpaired) electrons. The molecule has 0 spiro atoms. The van der Waals surface area contributed by atoms with Gasteiger partial charge in [-0.15, -0.1) is 0 Å². The van der Waals surface area contributed by atoms with Crippen molar-refractivity contribution in [1.82, 2.24) is 9.62 Å². The van der Waals surface area contributed by atoms with Crippen molar-refractivity contribution in [1.29, 1.82) is 0 Å². The zero-order chi connectivity index (χ0) is 11.3. The van der Waals surface area contributed by atoms with E-state index in [1.165, 1.54) is 19.8 Å². The number of likely N-dealkylation sites (tertiary alicyclic amines) is 1. The molecule has 15 heavy (non-hydrogen) atoms. The first-order valence-electron chi connectivity index (χ1n) is 5.38. The van der Waals surface area contributed by atoms with Gasteiger partial charge < -0.3 is 10.0 Å². The Hall–Kier alpha value is -0.170. The minimum absolute atomic E-state index is 0.334. The summed E-state index contributed by atoms with van der Waals surface area (Å²) in [5, 5.41) is 8.03. The van der Waals surface area contributed by atoms with Crippen molar-refractivity contribution in [2.24, 2.45) is 0 Å². The van der Waals surface area contributed by atoms with Crippen molar-refractivity contribution in [3.63, 3.8) is 0 Å². The summed E-state index contributed by atoms with van der Waals surface area (Å²) in [5.41, 5.74) is 0. The first-order valence-corrected chi connectivity index (χ1v) is 6.92. The third-order valence-corrected chi connectivity index (χ3v) is 4.53. The lowest BCUT2D eigenvalue weighted by Crippen LogP contribution is -2.39. The monoisotopic (exact) mass is 236 g/mol. The molecule has 1 aliphatic heterocycles. The highest BCUT2D eigenvalue weighted by atomic mass is 32.2. The van der Waals surface area contributed by atoms with Gasteiger partial charge in [-0.25, -0.2) is 13.1 Å². The van der Waals surface area contributed by atoms with Gasteiger partial charge in [0.2, 0.25) is 10.0 Å². The molecule has 1 rings (SSSR count). The third kappa shape index (κ3) is 4.06. The largest absolute Gasteiger partial charge is 0.395 e. The molecular weight excluding hydrogens is 216 g/mol. The lowest BCUT2D eigenvalue weighted by molar-refractivity contribution is 0.294. The van der Waals surface area contributed by atoms with Gasteiger partial charge in [0, 0.05) is 13.1 Å². The molecule has 1 heterocycles. The van der Waals surface area contributed by atoms with Crippen molar-refractivity contribution in [2.45, 2.75) is 25.0 Å². The van der Waals surface area contributed by atoms with Gasteiger partial charge in [0.1, 0.15) is 0 Å². The predicted molar refractivity (Wildman–Crippen MR) is 59.1 cm³/mol. The van der Waals surface area contributed by atoms with Gasteiger partial charge >= 0.3 is 0 Å². The summed E-state index contributed by atoms with van der Waals surface area (Å²) in [4.78, 5) is 2.24. The molecule has 1 unspecified atom stereocenters. The molecule has 1 aliphatic rings. The second-order valence-corrected chi connectivity index (χ2v) is 6.16. The Kier molecular flexibility index (Phi) is 4.98. The topological polar surface area (TPSA) is 69.6 Å². The van der Waals surface area contributed by atoms with Gasteiger partial charge in [0.25, 0.3) is 0 Å². The van der Waals surface area contributed by atoms with E-state index in [1.54, 1.807) is 0 Å². The molecule has 2 N–H and O–H groups in total. The number of aliphatic hydroxyl groups is 1. The number of sulfonamides is 1. The highest BCUT2D eigenvalue weighted by molar-refractivity contribution is 7.90. The van der Waals surface area contributed by atoms with E-state index in [4.69, 9.17) is 5.11 Å². The van der Waals surface area contributed by atoms with E-state index in [-0.39, 0.29) is 6.61 Å². The smallest absolute Gasteiger partial charge is 0.216 e. The van der Waals surface area contributed by atoms with Crippen LogP contribution in [0.4, 0.5) is 0 Å². The molecule has 0 aromatic heterocycles. The van der Waals surface area contributed by atoms with Crippen LogP contribution in [-0.2, 0) is 10.0 Å². The molecule has 5 nitrogen and oxygen atoms in total. The fraction of sp³-hybridized carbons (Fsp3) is 1.00. The van der Waals surface area contributed by atoms with E-state index in [1.807, 2.05) is 0 Å². The van der Waals surface area contributed by atoms with Crippen molar-refractivity contribution in [2.75, 3.05) is 32.8 Å². The highest BCUT2D eigenvalue weighted by Crippen LogP contribution is 2.05. The van der Waals surface area contributed by atoms with Crippen molar-refractivity contribution < 1.29 is 13.5 Å². The SMILES string of the molecule is CC(CO)S(=O)(=O)NCCN1CCCC1. The molecule has 6 heteroatoms. The first-order chi connectivity index (χ1) is 7.06. The fourth-order valence-electron chi connectivity index (χ4n) is 1.59. The van der Waals surface area contributed by atoms with Crippen LogP contribution in [0.2, 0.25) is 0 Å². The minimum atomic E-state index is -3.33. The van der Waals surface area contributed by atoms with Gasteiger partial charge in [-0.1, -0.05) is 0 Å². The lowest BCUT2D eigenvalue weighted by atomic mass is 10.4. The quantitative estimate of drug-likeness (QED) is 0.645. The zero-order valence-electron chi connectivity index (χ0n) is 9.15. The molecule has 90 valence electrons. The summed E-state index contributed by atoms with van der Waals surface area (Å²) < 4.78 is 25.4. The van der Waals surface area contributed by atoms with E-state index >= 15 is 0 Å². The average molecular weight is 236 g/mol. The van der Waals surface area contributed by atoms with Crippen molar-refractivity contribution >= 4 is 10.0 Å². The van der Waals surface area contributed by atoms with Gasteiger partial charge in [0.05, 0.1) is 11.9 Å². The van der Waals surface area contributed by atoms with Crippen LogP contribution in [-0.4, -0.2) is 56.5 Å². The highest BCUT2D eigenvalue weighted by Gasteiger charge is 2.19. The Labute approximate surface area is 91.5 Å². The standard InChI is InChI=1S/C9H20N2O3S/c1-9(8-12)15(13,14)10-4-7-11-5-2-3-6-11/h9-10,12H,2-8H2,1H3. The summed E-state index contributed by atoms with van der Waals surface area (Å²) in [6.07, 6.45) is 2.42. The summed E-state index contributed by atoms with van der Waals surface area (Å²) in [6.45, 7) is 4.50. The molecule has 1 fully saturated rings. The van der Waals surface area contributed by atoms with Crippen molar-refractivity contribution in [3.8, 4) is 0 Å². The second-order valence-electron chi connectivity index (χ2n) is 3.98. The summed E-state index contributed by atoms with van der Waals surface area (Å²) in [7, 11) is -3.33. The molecule has 0 amide bonds. The molecule has 1 saturated heterocycles. The zero-order valence-corrected chi connectivity index (χ0v) is 9.96. The van der Waals surface area contributed by atoms with Crippen LogP contribution in [0.25, 0.3) is 0 Å². The lowest BCUT2D eigenvalue weighted by Gasteiger charge is -2.16. The first kappa shape index (κ1) is 12.9. The van der Waals surface area contributed by atoms with Gasteiger partial charge in [-0.2, -0.15) is 0 Å². The van der Waals surface area contributed by atoms with Gasteiger partial charge in [-0.3, -0.25) is 0 Å². The summed E-state index contributed by atoms with van der Waals surface area (Å²) in [6, 6.07) is 0. The number of hydrogen-bond donors (Lipinski definition) is 2. The molecule has 0 aromatic carbocycles. The predicted octanol–water partition coefficient (Wildman–Crippen LogP) is -0.618. The third-order valence-electron chi connectivity index (χ3n) is 2.72. The van der Waals surface area contributed by atoms with Crippen LogP contribution in [0, 0.1) is 0 Å². The second kappa shape index (κ2) is 5.79. The Bertz CT molecular complexity index is 273. The normalized spacial score (nSPS) is 20.7. The molecule has 0 bridgehead atoms. The van der Waals surface area contributed by atoms with Crippen molar-refractivity contribution in [3.05, 3.63) is 0 Å².